The van der Waals surface area contributed by atoms with Crippen molar-refractivity contribution in [1.82, 2.24) is 19.9 Å². The van der Waals surface area contributed by atoms with Crippen molar-refractivity contribution in [2.24, 2.45) is 0 Å². The number of rotatable bonds is 5. The molecule has 0 saturated carbocycles. The van der Waals surface area contributed by atoms with E-state index in [0.29, 0.717) is 34.6 Å². The van der Waals surface area contributed by atoms with E-state index in [4.69, 9.17) is 20.4 Å². The summed E-state index contributed by atoms with van der Waals surface area (Å²) >= 11 is 0. The topological polar surface area (TPSA) is 95.1 Å². The van der Waals surface area contributed by atoms with E-state index in [1.807, 2.05) is 78.2 Å². The number of ether oxygens (including phenoxy) is 1. The molecule has 5 rings (SSSR count). The zero-order valence-electron chi connectivity index (χ0n) is 19.3. The highest BCUT2D eigenvalue weighted by Crippen LogP contribution is 2.31. The van der Waals surface area contributed by atoms with Gasteiger partial charge in [-0.15, -0.1) is 0 Å². The lowest BCUT2D eigenvalue weighted by Gasteiger charge is -2.10. The van der Waals surface area contributed by atoms with E-state index < -0.39 is 0 Å². The molecule has 5 aromatic rings. The van der Waals surface area contributed by atoms with Gasteiger partial charge in [0.15, 0.2) is 5.65 Å². The van der Waals surface area contributed by atoms with E-state index >= 15 is 0 Å². The largest absolute Gasteiger partial charge is 0.497 e. The third-order valence-electron chi connectivity index (χ3n) is 6.09. The molecule has 7 nitrogen and oxygen atoms in total. The van der Waals surface area contributed by atoms with Gasteiger partial charge in [0.05, 0.1) is 18.1 Å². The predicted octanol–water partition coefficient (Wildman–Crippen LogP) is 4.71. The number of amides is 1. The third-order valence-corrected chi connectivity index (χ3v) is 6.09. The van der Waals surface area contributed by atoms with Crippen LogP contribution in [0.25, 0.3) is 27.9 Å². The van der Waals surface area contributed by atoms with Crippen molar-refractivity contribution in [3.63, 3.8) is 0 Å². The molecule has 0 saturated heterocycles. The number of nitrogens with zero attached hydrogens (tertiary/aromatic N) is 3. The maximum absolute atomic E-state index is 13.4. The summed E-state index contributed by atoms with van der Waals surface area (Å²) in [5.74, 6) is 0.768. The lowest BCUT2D eigenvalue weighted by atomic mass is 10.1. The van der Waals surface area contributed by atoms with E-state index in [1.165, 1.54) is 5.56 Å². The molecule has 0 aliphatic carbocycles. The zero-order valence-corrected chi connectivity index (χ0v) is 19.3. The van der Waals surface area contributed by atoms with Crippen molar-refractivity contribution >= 4 is 33.9 Å². The number of aromatic nitrogens is 3. The Bertz CT molecular complexity index is 1540. The third kappa shape index (κ3) is 3.71. The fraction of sp³-hybridized carbons (Fsp3) is 0.148. The Hall–Kier alpha value is -4.39. The van der Waals surface area contributed by atoms with Crippen molar-refractivity contribution < 1.29 is 9.53 Å². The second-order valence-corrected chi connectivity index (χ2v) is 8.28. The minimum Gasteiger partial charge on any atom is -0.497 e. The summed E-state index contributed by atoms with van der Waals surface area (Å²) in [5, 5.41) is 2.98. The summed E-state index contributed by atoms with van der Waals surface area (Å²) in [6, 6.07) is 21.2. The highest BCUT2D eigenvalue weighted by atomic mass is 16.5. The van der Waals surface area contributed by atoms with Crippen LogP contribution in [0, 0.1) is 13.8 Å². The molecule has 0 aliphatic heterocycles. The van der Waals surface area contributed by atoms with Crippen LogP contribution in [0.4, 0.5) is 5.82 Å². The van der Waals surface area contributed by atoms with Crippen molar-refractivity contribution in [2.75, 3.05) is 12.8 Å². The molecule has 34 heavy (non-hydrogen) atoms. The molecule has 170 valence electrons. The molecular weight excluding hydrogens is 426 g/mol. The maximum Gasteiger partial charge on any atom is 0.257 e. The minimum atomic E-state index is -0.300. The van der Waals surface area contributed by atoms with Crippen LogP contribution >= 0.6 is 0 Å². The number of fused-ring (bicyclic) bond motifs is 2. The van der Waals surface area contributed by atoms with Crippen LogP contribution in [0.15, 0.2) is 66.7 Å². The van der Waals surface area contributed by atoms with Gasteiger partial charge in [-0.1, -0.05) is 30.3 Å². The molecule has 2 heterocycles. The Morgan fingerprint density at radius 2 is 1.68 bits per heavy atom. The van der Waals surface area contributed by atoms with E-state index in [2.05, 4.69) is 12.2 Å². The van der Waals surface area contributed by atoms with Crippen molar-refractivity contribution in [3.05, 3.63) is 89.0 Å². The smallest absolute Gasteiger partial charge is 0.257 e. The number of nitrogen functional groups attached to an aromatic ring is 1. The van der Waals surface area contributed by atoms with Gasteiger partial charge in [0.1, 0.15) is 22.6 Å². The Morgan fingerprint density at radius 3 is 2.35 bits per heavy atom. The van der Waals surface area contributed by atoms with Gasteiger partial charge in [0, 0.05) is 12.2 Å². The Morgan fingerprint density at radius 1 is 0.971 bits per heavy atom. The second kappa shape index (κ2) is 8.51. The molecule has 7 heteroatoms. The number of carbonyl (C=O) groups is 1. The number of aryl methyl sites for hydroxylation is 2. The lowest BCUT2D eigenvalue weighted by Crippen LogP contribution is -2.24. The van der Waals surface area contributed by atoms with Crippen LogP contribution in [-0.4, -0.2) is 27.6 Å². The number of nitrogens with two attached hydrogens (primary N) is 1. The molecule has 0 unspecified atom stereocenters. The van der Waals surface area contributed by atoms with E-state index in [0.717, 1.165) is 28.1 Å². The summed E-state index contributed by atoms with van der Waals surface area (Å²) in [7, 11) is 1.62. The molecule has 0 aliphatic rings. The second-order valence-electron chi connectivity index (χ2n) is 8.28. The summed E-state index contributed by atoms with van der Waals surface area (Å²) < 4.78 is 7.01. The van der Waals surface area contributed by atoms with Crippen molar-refractivity contribution in [1.29, 1.82) is 0 Å². The van der Waals surface area contributed by atoms with Gasteiger partial charge < -0.3 is 15.8 Å². The average Bonchev–Trinajstić information content (AvgIpc) is 3.13. The number of para-hydroxylation sites is 2. The van der Waals surface area contributed by atoms with Gasteiger partial charge in [0.25, 0.3) is 5.91 Å². The van der Waals surface area contributed by atoms with Gasteiger partial charge in [0.2, 0.25) is 0 Å². The molecule has 0 radical (unpaired) electrons. The van der Waals surface area contributed by atoms with E-state index in [-0.39, 0.29) is 5.91 Å². The Kier molecular flexibility index (Phi) is 5.37. The Labute approximate surface area is 197 Å². The summed E-state index contributed by atoms with van der Waals surface area (Å²) in [4.78, 5) is 23.0. The van der Waals surface area contributed by atoms with Gasteiger partial charge in [-0.2, -0.15) is 0 Å². The zero-order chi connectivity index (χ0) is 23.8. The number of nitrogens with one attached hydrogen (secondary N) is 1. The number of carbonyl (C=O) groups excluding carboxylic acids is 1. The summed E-state index contributed by atoms with van der Waals surface area (Å²) in [6.45, 7) is 4.45. The quantitative estimate of drug-likeness (QED) is 0.403. The fourth-order valence-corrected chi connectivity index (χ4v) is 4.03. The first kappa shape index (κ1) is 21.5. The highest BCUT2D eigenvalue weighted by molar-refractivity contribution is 6.11. The Balaban J connectivity index is 1.62. The monoisotopic (exact) mass is 451 g/mol. The van der Waals surface area contributed by atoms with Gasteiger partial charge in [-0.25, -0.2) is 9.97 Å². The number of hydrogen-bond donors (Lipinski definition) is 2. The molecule has 0 atom stereocenters. The number of methoxy groups -OCH3 is 1. The SMILES string of the molecule is COc1ccc(CNC(=O)c2c(N)n(-c3ccc(C)c(C)c3)c3nc4ccccc4nc23)cc1. The van der Waals surface area contributed by atoms with Crippen molar-refractivity contribution in [2.45, 2.75) is 20.4 Å². The van der Waals surface area contributed by atoms with Gasteiger partial charge >= 0.3 is 0 Å². The van der Waals surface area contributed by atoms with Crippen molar-refractivity contribution in [3.8, 4) is 11.4 Å². The van der Waals surface area contributed by atoms with Crippen LogP contribution < -0.4 is 15.8 Å². The standard InChI is InChI=1S/C27H25N5O2/c1-16-8-11-19(14-17(16)2)32-25(28)23(24-26(32)31-22-7-5-4-6-21(22)30-24)27(33)29-15-18-9-12-20(34-3)13-10-18/h4-14H,15,28H2,1-3H3,(H,29,33). The predicted molar refractivity (Wildman–Crippen MR) is 134 cm³/mol. The molecule has 0 spiro atoms. The van der Waals surface area contributed by atoms with E-state index in [1.54, 1.807) is 7.11 Å². The average molecular weight is 452 g/mol. The lowest BCUT2D eigenvalue weighted by molar-refractivity contribution is 0.0953. The van der Waals surface area contributed by atoms with Gasteiger partial charge in [-0.3, -0.25) is 9.36 Å². The normalized spacial score (nSPS) is 11.1. The van der Waals surface area contributed by atoms with Crippen LogP contribution in [0.1, 0.15) is 27.0 Å². The van der Waals surface area contributed by atoms with Crippen LogP contribution in [-0.2, 0) is 6.54 Å². The summed E-state index contributed by atoms with van der Waals surface area (Å²) in [6.07, 6.45) is 0. The minimum absolute atomic E-state index is 0.300. The van der Waals surface area contributed by atoms with Crippen LogP contribution in [0.2, 0.25) is 0 Å². The van der Waals surface area contributed by atoms with Crippen LogP contribution in [0.5, 0.6) is 5.75 Å². The molecule has 1 amide bonds. The molecule has 3 N–H and O–H groups in total. The number of anilines is 1. The maximum atomic E-state index is 13.4. The molecular formula is C27H25N5O2. The molecule has 0 fully saturated rings. The van der Waals surface area contributed by atoms with E-state index in [9.17, 15) is 4.79 Å². The van der Waals surface area contributed by atoms with Crippen LogP contribution in [0.3, 0.4) is 0 Å². The first-order valence-corrected chi connectivity index (χ1v) is 11.0. The number of benzene rings is 3. The van der Waals surface area contributed by atoms with Gasteiger partial charge in [-0.05, 0) is 66.9 Å². The highest BCUT2D eigenvalue weighted by Gasteiger charge is 2.25. The molecule has 0 bridgehead atoms. The molecule has 2 aromatic heterocycles. The fourth-order valence-electron chi connectivity index (χ4n) is 4.03. The first-order valence-electron chi connectivity index (χ1n) is 11.0. The molecule has 3 aromatic carbocycles. The number of hydrogen-bond acceptors (Lipinski definition) is 5. The summed E-state index contributed by atoms with van der Waals surface area (Å²) in [5.41, 5.74) is 13.5. The first-order chi connectivity index (χ1) is 16.5.